The molecule has 1 fully saturated rings. The summed E-state index contributed by atoms with van der Waals surface area (Å²) in [4.78, 5) is 26.7. The number of rotatable bonds is 8. The van der Waals surface area contributed by atoms with Crippen LogP contribution in [0.2, 0.25) is 0 Å². The molecule has 0 bridgehead atoms. The number of carbonyl (C=O) groups excluding carboxylic acids is 2. The summed E-state index contributed by atoms with van der Waals surface area (Å²) in [5.74, 6) is 0.259. The molecule has 0 radical (unpaired) electrons. The third-order valence-electron chi connectivity index (χ3n) is 5.67. The number of ether oxygens (including phenoxy) is 2. The van der Waals surface area contributed by atoms with Crippen molar-refractivity contribution in [2.75, 3.05) is 20.3 Å². The summed E-state index contributed by atoms with van der Waals surface area (Å²) in [5, 5.41) is 0. The van der Waals surface area contributed by atoms with Crippen LogP contribution in [0.15, 0.2) is 54.6 Å². The molecule has 1 heterocycles. The normalized spacial score (nSPS) is 22.1. The van der Waals surface area contributed by atoms with Gasteiger partial charge in [0.2, 0.25) is 0 Å². The van der Waals surface area contributed by atoms with Crippen molar-refractivity contribution < 1.29 is 19.1 Å². The lowest BCUT2D eigenvalue weighted by atomic mass is 9.76. The van der Waals surface area contributed by atoms with Crippen LogP contribution in [-0.4, -0.2) is 37.4 Å². The number of aldehydes is 1. The van der Waals surface area contributed by atoms with E-state index in [1.165, 1.54) is 5.56 Å². The number of esters is 1. The van der Waals surface area contributed by atoms with Crippen molar-refractivity contribution in [1.82, 2.24) is 4.90 Å². The quantitative estimate of drug-likeness (QED) is 0.499. The zero-order valence-electron chi connectivity index (χ0n) is 17.1. The van der Waals surface area contributed by atoms with Gasteiger partial charge in [0.1, 0.15) is 12.0 Å². The number of hydrogen-bond donors (Lipinski definition) is 0. The van der Waals surface area contributed by atoms with E-state index in [1.54, 1.807) is 14.0 Å². The molecule has 0 aromatic heterocycles. The van der Waals surface area contributed by atoms with Gasteiger partial charge in [-0.2, -0.15) is 0 Å². The third kappa shape index (κ3) is 5.24. The lowest BCUT2D eigenvalue weighted by Crippen LogP contribution is -2.44. The Hall–Kier alpha value is -2.66. The molecule has 1 aliphatic rings. The molecule has 5 heteroatoms. The lowest BCUT2D eigenvalue weighted by Gasteiger charge is -2.43. The number of carbonyl (C=O) groups is 2. The van der Waals surface area contributed by atoms with Crippen LogP contribution in [0.5, 0.6) is 5.75 Å². The highest BCUT2D eigenvalue weighted by atomic mass is 16.5. The van der Waals surface area contributed by atoms with Crippen molar-refractivity contribution in [3.05, 3.63) is 65.7 Å². The van der Waals surface area contributed by atoms with E-state index >= 15 is 0 Å². The van der Waals surface area contributed by atoms with E-state index in [9.17, 15) is 9.59 Å². The van der Waals surface area contributed by atoms with Gasteiger partial charge in [0.05, 0.1) is 13.7 Å². The van der Waals surface area contributed by atoms with E-state index in [2.05, 4.69) is 17.0 Å². The molecule has 0 aliphatic carbocycles. The lowest BCUT2D eigenvalue weighted by molar-refractivity contribution is -0.146. The second-order valence-corrected chi connectivity index (χ2v) is 7.45. The first kappa shape index (κ1) is 21.1. The summed E-state index contributed by atoms with van der Waals surface area (Å²) in [7, 11) is 1.64. The Kier molecular flexibility index (Phi) is 7.42. The van der Waals surface area contributed by atoms with Gasteiger partial charge in [-0.3, -0.25) is 9.69 Å². The van der Waals surface area contributed by atoms with Crippen LogP contribution >= 0.6 is 0 Å². The zero-order chi connectivity index (χ0) is 20.6. The van der Waals surface area contributed by atoms with E-state index < -0.39 is 0 Å². The van der Waals surface area contributed by atoms with Crippen molar-refractivity contribution in [2.45, 2.75) is 32.4 Å². The maximum atomic E-state index is 12.2. The highest BCUT2D eigenvalue weighted by Gasteiger charge is 2.39. The summed E-state index contributed by atoms with van der Waals surface area (Å²) < 4.78 is 10.4. The first-order valence-corrected chi connectivity index (χ1v) is 10.2. The zero-order valence-corrected chi connectivity index (χ0v) is 17.1. The largest absolute Gasteiger partial charge is 0.497 e. The molecule has 2 aromatic carbocycles. The van der Waals surface area contributed by atoms with Crippen LogP contribution in [0.25, 0.3) is 0 Å². The molecule has 2 aromatic rings. The molecule has 5 nitrogen and oxygen atoms in total. The Morgan fingerprint density at radius 3 is 2.48 bits per heavy atom. The van der Waals surface area contributed by atoms with Gasteiger partial charge in [-0.15, -0.1) is 0 Å². The number of likely N-dealkylation sites (tertiary alicyclic amines) is 1. The molecule has 0 N–H and O–H groups in total. The number of methoxy groups -OCH3 is 1. The van der Waals surface area contributed by atoms with Crippen molar-refractivity contribution in [1.29, 1.82) is 0 Å². The van der Waals surface area contributed by atoms with Crippen LogP contribution in [-0.2, 0) is 20.9 Å². The fourth-order valence-corrected chi connectivity index (χ4v) is 4.25. The average molecular weight is 395 g/mol. The Labute approximate surface area is 172 Å². The predicted octanol–water partition coefficient (Wildman–Crippen LogP) is 4.03. The maximum absolute atomic E-state index is 12.2. The SMILES string of the molecule is CCOC(=O)C[C@@H]1CCN(Cc2ccccc2)[C@H](c2ccc(OC)cc2)[C@H]1C=O. The van der Waals surface area contributed by atoms with Gasteiger partial charge in [0, 0.05) is 24.9 Å². The van der Waals surface area contributed by atoms with E-state index in [4.69, 9.17) is 9.47 Å². The molecule has 0 spiro atoms. The van der Waals surface area contributed by atoms with Gasteiger partial charge < -0.3 is 14.3 Å². The molecule has 154 valence electrons. The molecule has 3 atom stereocenters. The number of benzene rings is 2. The standard InChI is InChI=1S/C24H29NO4/c1-3-29-23(27)15-20-13-14-25(16-18-7-5-4-6-8-18)24(22(20)17-26)19-9-11-21(28-2)12-10-19/h4-12,17,20,22,24H,3,13-16H2,1-2H3/t20-,22-,24+/m0/s1. The highest BCUT2D eigenvalue weighted by molar-refractivity contribution is 5.71. The van der Waals surface area contributed by atoms with Gasteiger partial charge in [-0.25, -0.2) is 0 Å². The summed E-state index contributed by atoms with van der Waals surface area (Å²) in [6, 6.07) is 18.1. The van der Waals surface area contributed by atoms with Crippen molar-refractivity contribution in [2.24, 2.45) is 11.8 Å². The second-order valence-electron chi connectivity index (χ2n) is 7.45. The van der Waals surface area contributed by atoms with Crippen LogP contribution in [0.3, 0.4) is 0 Å². The minimum atomic E-state index is -0.273. The van der Waals surface area contributed by atoms with Crippen LogP contribution in [0, 0.1) is 11.8 Å². The fourth-order valence-electron chi connectivity index (χ4n) is 4.25. The fraction of sp³-hybridized carbons (Fsp3) is 0.417. The molecular formula is C24H29NO4. The van der Waals surface area contributed by atoms with Gasteiger partial charge in [0.15, 0.2) is 0 Å². The van der Waals surface area contributed by atoms with Crippen molar-refractivity contribution in [3.8, 4) is 5.75 Å². The summed E-state index contributed by atoms with van der Waals surface area (Å²) in [5.41, 5.74) is 2.27. The smallest absolute Gasteiger partial charge is 0.306 e. The first-order chi connectivity index (χ1) is 14.2. The van der Waals surface area contributed by atoms with Gasteiger partial charge in [-0.05, 0) is 49.1 Å². The molecule has 3 rings (SSSR count). The minimum Gasteiger partial charge on any atom is -0.497 e. The molecule has 1 saturated heterocycles. The van der Waals surface area contributed by atoms with Gasteiger partial charge >= 0.3 is 5.97 Å². The van der Waals surface area contributed by atoms with Gasteiger partial charge in [0.25, 0.3) is 0 Å². The summed E-state index contributed by atoms with van der Waals surface area (Å²) in [6.45, 7) is 3.74. The Balaban J connectivity index is 1.89. The van der Waals surface area contributed by atoms with Crippen molar-refractivity contribution >= 4 is 12.3 Å². The number of hydrogen-bond acceptors (Lipinski definition) is 5. The molecule has 29 heavy (non-hydrogen) atoms. The van der Waals surface area contributed by atoms with E-state index in [0.717, 1.165) is 37.1 Å². The monoisotopic (exact) mass is 395 g/mol. The minimum absolute atomic E-state index is 0.0225. The number of nitrogens with zero attached hydrogens (tertiary/aromatic N) is 1. The number of piperidine rings is 1. The predicted molar refractivity (Wildman–Crippen MR) is 111 cm³/mol. The van der Waals surface area contributed by atoms with Crippen molar-refractivity contribution in [3.63, 3.8) is 0 Å². The van der Waals surface area contributed by atoms with Crippen LogP contribution in [0.1, 0.15) is 36.9 Å². The molecule has 0 amide bonds. The van der Waals surface area contributed by atoms with Gasteiger partial charge in [-0.1, -0.05) is 42.5 Å². The second kappa shape index (κ2) is 10.2. The Bertz CT molecular complexity index is 790. The Morgan fingerprint density at radius 1 is 1.14 bits per heavy atom. The molecular weight excluding hydrogens is 366 g/mol. The Morgan fingerprint density at radius 2 is 1.86 bits per heavy atom. The van der Waals surface area contributed by atoms with E-state index in [-0.39, 0.29) is 30.3 Å². The first-order valence-electron chi connectivity index (χ1n) is 10.2. The molecule has 1 aliphatic heterocycles. The topological polar surface area (TPSA) is 55.8 Å². The third-order valence-corrected chi connectivity index (χ3v) is 5.67. The van der Waals surface area contributed by atoms with Crippen LogP contribution < -0.4 is 4.74 Å². The maximum Gasteiger partial charge on any atom is 0.306 e. The van der Waals surface area contributed by atoms with Crippen LogP contribution in [0.4, 0.5) is 0 Å². The highest BCUT2D eigenvalue weighted by Crippen LogP contribution is 2.41. The van der Waals surface area contributed by atoms with E-state index in [0.29, 0.717) is 6.61 Å². The van der Waals surface area contributed by atoms with E-state index in [1.807, 2.05) is 42.5 Å². The summed E-state index contributed by atoms with van der Waals surface area (Å²) in [6.07, 6.45) is 2.10. The molecule has 0 unspecified atom stereocenters. The average Bonchev–Trinajstić information content (AvgIpc) is 2.75. The summed E-state index contributed by atoms with van der Waals surface area (Å²) >= 11 is 0. The molecule has 0 saturated carbocycles.